The predicted molar refractivity (Wildman–Crippen MR) is 78.1 cm³/mol. The number of rotatable bonds is 7. The lowest BCUT2D eigenvalue weighted by molar-refractivity contribution is -0.138. The molecular weight excluding hydrogens is 278 g/mol. The monoisotopic (exact) mass is 299 g/mol. The summed E-state index contributed by atoms with van der Waals surface area (Å²) < 4.78 is 0. The molecule has 0 spiro atoms. The molecule has 0 fully saturated rings. The standard InChI is InChI=1S/C8H9NO3.C5H12N2O2/c10-7-3-1-6(2-4-7)9-5-8(11)12;6-3-1-2-4(7)5(8)9/h1-4,9-10H,5H2,(H,11,12);4H,1-3,6-7H2,(H,8,9). The van der Waals surface area contributed by atoms with Gasteiger partial charge in [0.1, 0.15) is 18.3 Å². The number of carboxylic acid groups (broad SMARTS) is 2. The summed E-state index contributed by atoms with van der Waals surface area (Å²) in [5.74, 6) is -1.71. The molecule has 1 rings (SSSR count). The molecule has 0 bridgehead atoms. The van der Waals surface area contributed by atoms with E-state index < -0.39 is 18.0 Å². The summed E-state index contributed by atoms with van der Waals surface area (Å²) in [5, 5.41) is 28.1. The lowest BCUT2D eigenvalue weighted by Gasteiger charge is -2.02. The van der Waals surface area contributed by atoms with Gasteiger partial charge >= 0.3 is 11.9 Å². The first-order valence-corrected chi connectivity index (χ1v) is 6.30. The van der Waals surface area contributed by atoms with Crippen LogP contribution in [-0.2, 0) is 9.59 Å². The lowest BCUT2D eigenvalue weighted by Crippen LogP contribution is -2.30. The molecule has 21 heavy (non-hydrogen) atoms. The number of hydrogen-bond donors (Lipinski definition) is 6. The van der Waals surface area contributed by atoms with Gasteiger partial charge in [-0.05, 0) is 43.7 Å². The first-order chi connectivity index (χ1) is 9.86. The van der Waals surface area contributed by atoms with Gasteiger partial charge in [-0.25, -0.2) is 0 Å². The molecule has 0 aliphatic carbocycles. The number of carboxylic acids is 2. The number of aliphatic carboxylic acids is 2. The predicted octanol–water partition coefficient (Wildman–Crippen LogP) is 0.0259. The number of nitrogens with one attached hydrogen (secondary N) is 1. The third-order valence-electron chi connectivity index (χ3n) is 2.35. The summed E-state index contributed by atoms with van der Waals surface area (Å²) in [6, 6.07) is 5.46. The van der Waals surface area contributed by atoms with E-state index >= 15 is 0 Å². The molecule has 0 saturated carbocycles. The molecule has 1 unspecified atom stereocenters. The van der Waals surface area contributed by atoms with Gasteiger partial charge in [-0.1, -0.05) is 0 Å². The molecule has 0 heterocycles. The minimum atomic E-state index is -0.955. The van der Waals surface area contributed by atoms with E-state index in [1.807, 2.05) is 0 Å². The summed E-state index contributed by atoms with van der Waals surface area (Å²) >= 11 is 0. The molecule has 0 amide bonds. The van der Waals surface area contributed by atoms with Gasteiger partial charge in [0.15, 0.2) is 0 Å². The van der Waals surface area contributed by atoms with Crippen LogP contribution in [0.1, 0.15) is 12.8 Å². The molecule has 8 N–H and O–H groups in total. The molecule has 1 atom stereocenters. The Morgan fingerprint density at radius 1 is 1.19 bits per heavy atom. The first kappa shape index (κ1) is 18.7. The number of benzene rings is 1. The first-order valence-electron chi connectivity index (χ1n) is 6.30. The zero-order chi connectivity index (χ0) is 16.3. The fraction of sp³-hybridized carbons (Fsp3) is 0.385. The van der Waals surface area contributed by atoms with Crippen molar-refractivity contribution in [3.63, 3.8) is 0 Å². The van der Waals surface area contributed by atoms with Crippen molar-refractivity contribution < 1.29 is 24.9 Å². The van der Waals surface area contributed by atoms with Crippen LogP contribution < -0.4 is 16.8 Å². The van der Waals surface area contributed by atoms with Gasteiger partial charge in [-0.15, -0.1) is 0 Å². The van der Waals surface area contributed by atoms with Crippen LogP contribution in [0.25, 0.3) is 0 Å². The van der Waals surface area contributed by atoms with E-state index in [2.05, 4.69) is 5.32 Å². The van der Waals surface area contributed by atoms with Crippen molar-refractivity contribution in [3.05, 3.63) is 24.3 Å². The summed E-state index contributed by atoms with van der Waals surface area (Å²) in [7, 11) is 0. The van der Waals surface area contributed by atoms with Crippen LogP contribution >= 0.6 is 0 Å². The number of phenols is 1. The van der Waals surface area contributed by atoms with Crippen LogP contribution in [0.3, 0.4) is 0 Å². The van der Waals surface area contributed by atoms with E-state index in [1.54, 1.807) is 12.1 Å². The Labute approximate surface area is 122 Å². The van der Waals surface area contributed by atoms with Crippen LogP contribution in [-0.4, -0.2) is 46.4 Å². The molecule has 1 aromatic carbocycles. The largest absolute Gasteiger partial charge is 0.508 e. The van der Waals surface area contributed by atoms with E-state index in [-0.39, 0.29) is 12.3 Å². The Hall–Kier alpha value is -2.32. The second-order valence-electron chi connectivity index (χ2n) is 4.17. The molecule has 0 aliphatic heterocycles. The summed E-state index contributed by atoms with van der Waals surface area (Å²) in [6.45, 7) is 0.381. The Kier molecular flexibility index (Phi) is 9.31. The average molecular weight is 299 g/mol. The quantitative estimate of drug-likeness (QED) is 0.384. The highest BCUT2D eigenvalue weighted by Crippen LogP contribution is 2.12. The van der Waals surface area contributed by atoms with Crippen LogP contribution in [0.15, 0.2) is 24.3 Å². The Morgan fingerprint density at radius 3 is 2.19 bits per heavy atom. The minimum Gasteiger partial charge on any atom is -0.508 e. The van der Waals surface area contributed by atoms with Gasteiger partial charge in [0.05, 0.1) is 0 Å². The van der Waals surface area contributed by atoms with Crippen molar-refractivity contribution in [2.75, 3.05) is 18.4 Å². The molecular formula is C13H21N3O5. The molecule has 0 aromatic heterocycles. The van der Waals surface area contributed by atoms with E-state index in [1.165, 1.54) is 12.1 Å². The number of aromatic hydroxyl groups is 1. The van der Waals surface area contributed by atoms with Gasteiger partial charge in [0, 0.05) is 5.69 Å². The number of carbonyl (C=O) groups is 2. The zero-order valence-electron chi connectivity index (χ0n) is 11.5. The number of anilines is 1. The van der Waals surface area contributed by atoms with Gasteiger partial charge in [-0.2, -0.15) is 0 Å². The zero-order valence-corrected chi connectivity index (χ0v) is 11.5. The lowest BCUT2D eigenvalue weighted by atomic mass is 10.2. The maximum absolute atomic E-state index is 10.1. The second kappa shape index (κ2) is 10.5. The summed E-state index contributed by atoms with van der Waals surface area (Å²) in [4.78, 5) is 20.2. The molecule has 118 valence electrons. The van der Waals surface area contributed by atoms with Crippen molar-refractivity contribution in [2.45, 2.75) is 18.9 Å². The van der Waals surface area contributed by atoms with E-state index in [0.717, 1.165) is 0 Å². The highest BCUT2D eigenvalue weighted by molar-refractivity contribution is 5.73. The van der Waals surface area contributed by atoms with Gasteiger partial charge in [-0.3, -0.25) is 9.59 Å². The third kappa shape index (κ3) is 10.2. The molecule has 8 heteroatoms. The Bertz CT molecular complexity index is 436. The highest BCUT2D eigenvalue weighted by atomic mass is 16.4. The number of phenolic OH excluding ortho intramolecular Hbond substituents is 1. The van der Waals surface area contributed by atoms with Crippen LogP contribution in [0.2, 0.25) is 0 Å². The van der Waals surface area contributed by atoms with E-state index in [4.69, 9.17) is 26.8 Å². The maximum Gasteiger partial charge on any atom is 0.322 e. The Morgan fingerprint density at radius 2 is 1.76 bits per heavy atom. The van der Waals surface area contributed by atoms with Crippen LogP contribution in [0.4, 0.5) is 5.69 Å². The molecule has 0 radical (unpaired) electrons. The van der Waals surface area contributed by atoms with Crippen LogP contribution in [0.5, 0.6) is 5.75 Å². The fourth-order valence-corrected chi connectivity index (χ4v) is 1.22. The van der Waals surface area contributed by atoms with Crippen molar-refractivity contribution in [2.24, 2.45) is 11.5 Å². The topological polar surface area (TPSA) is 159 Å². The van der Waals surface area contributed by atoms with E-state index in [0.29, 0.717) is 25.1 Å². The van der Waals surface area contributed by atoms with Gasteiger partial charge in [0.2, 0.25) is 0 Å². The minimum absolute atomic E-state index is 0.120. The molecule has 8 nitrogen and oxygen atoms in total. The molecule has 1 aromatic rings. The molecule has 0 saturated heterocycles. The summed E-state index contributed by atoms with van der Waals surface area (Å²) in [5.41, 5.74) is 11.0. The number of hydrogen-bond acceptors (Lipinski definition) is 6. The van der Waals surface area contributed by atoms with Crippen molar-refractivity contribution >= 4 is 17.6 Å². The third-order valence-corrected chi connectivity index (χ3v) is 2.35. The Balaban J connectivity index is 0.000000400. The smallest absolute Gasteiger partial charge is 0.322 e. The highest BCUT2D eigenvalue weighted by Gasteiger charge is 2.08. The van der Waals surface area contributed by atoms with Gasteiger partial charge in [0.25, 0.3) is 0 Å². The van der Waals surface area contributed by atoms with Crippen molar-refractivity contribution in [1.82, 2.24) is 0 Å². The van der Waals surface area contributed by atoms with Gasteiger partial charge < -0.3 is 32.1 Å². The molecule has 0 aliphatic rings. The number of nitrogens with two attached hydrogens (primary N) is 2. The van der Waals surface area contributed by atoms with Crippen LogP contribution in [0, 0.1) is 0 Å². The average Bonchev–Trinajstić information content (AvgIpc) is 2.44. The normalized spacial score (nSPS) is 11.0. The van der Waals surface area contributed by atoms with Crippen molar-refractivity contribution in [1.29, 1.82) is 0 Å². The SMILES string of the molecule is NCCCC(N)C(=O)O.O=C(O)CNc1ccc(O)cc1. The summed E-state index contributed by atoms with van der Waals surface area (Å²) in [6.07, 6.45) is 1.14. The second-order valence-corrected chi connectivity index (χ2v) is 4.17. The fourth-order valence-electron chi connectivity index (χ4n) is 1.22. The van der Waals surface area contributed by atoms with E-state index in [9.17, 15) is 9.59 Å². The maximum atomic E-state index is 10.1. The van der Waals surface area contributed by atoms with Crippen molar-refractivity contribution in [3.8, 4) is 5.75 Å².